The number of thiophene rings is 1. The normalized spacial score (nSPS) is 10.5. The Labute approximate surface area is 116 Å². The van der Waals surface area contributed by atoms with Crippen LogP contribution in [0.25, 0.3) is 0 Å². The fourth-order valence-electron chi connectivity index (χ4n) is 1.34. The van der Waals surface area contributed by atoms with Crippen molar-refractivity contribution in [1.29, 1.82) is 0 Å². The molecule has 0 spiro atoms. The number of hydrogen-bond donors (Lipinski definition) is 2. The van der Waals surface area contributed by atoms with Crippen LogP contribution >= 0.6 is 38.9 Å². The van der Waals surface area contributed by atoms with Crippen molar-refractivity contribution in [2.45, 2.75) is 6.54 Å². The molecule has 0 atom stereocenters. The van der Waals surface area contributed by atoms with E-state index >= 15 is 0 Å². The minimum atomic E-state index is -0.507. The summed E-state index contributed by atoms with van der Waals surface area (Å²) in [5.41, 5.74) is 6.68. The Bertz CT molecular complexity index is 544. The van der Waals surface area contributed by atoms with Crippen molar-refractivity contribution in [1.82, 2.24) is 0 Å². The van der Waals surface area contributed by atoms with Crippen LogP contribution in [-0.4, -0.2) is 0 Å². The molecule has 2 nitrogen and oxygen atoms in total. The first-order valence-corrected chi connectivity index (χ1v) is 6.83. The Morgan fingerprint density at radius 3 is 2.88 bits per heavy atom. The van der Waals surface area contributed by atoms with E-state index in [4.69, 9.17) is 17.3 Å². The quantitative estimate of drug-likeness (QED) is 0.811. The fraction of sp³-hybridized carbons (Fsp3) is 0.0909. The maximum Gasteiger partial charge on any atom is 0.143 e. The van der Waals surface area contributed by atoms with Gasteiger partial charge in [0.1, 0.15) is 5.82 Å². The zero-order valence-electron chi connectivity index (χ0n) is 8.64. The van der Waals surface area contributed by atoms with Crippen LogP contribution in [0.2, 0.25) is 5.02 Å². The van der Waals surface area contributed by atoms with Crippen molar-refractivity contribution >= 4 is 50.2 Å². The van der Waals surface area contributed by atoms with Crippen molar-refractivity contribution in [3.63, 3.8) is 0 Å². The van der Waals surface area contributed by atoms with Gasteiger partial charge in [0.05, 0.1) is 22.9 Å². The van der Waals surface area contributed by atoms with Crippen molar-refractivity contribution in [3.8, 4) is 0 Å². The summed E-state index contributed by atoms with van der Waals surface area (Å²) in [4.78, 5) is 1.14. The summed E-state index contributed by atoms with van der Waals surface area (Å²) in [7, 11) is 0. The lowest BCUT2D eigenvalue weighted by Gasteiger charge is -2.09. The second-order valence-electron chi connectivity index (χ2n) is 3.40. The molecule has 1 aromatic carbocycles. The smallest absolute Gasteiger partial charge is 0.143 e. The Morgan fingerprint density at radius 2 is 2.24 bits per heavy atom. The summed E-state index contributed by atoms with van der Waals surface area (Å²) in [5, 5.41) is 5.18. The van der Waals surface area contributed by atoms with E-state index < -0.39 is 5.82 Å². The van der Waals surface area contributed by atoms with Crippen LogP contribution in [-0.2, 0) is 6.54 Å². The first kappa shape index (κ1) is 12.7. The molecule has 0 fully saturated rings. The predicted molar refractivity (Wildman–Crippen MR) is 75.2 cm³/mol. The van der Waals surface area contributed by atoms with Gasteiger partial charge >= 0.3 is 0 Å². The third-order valence-corrected chi connectivity index (χ3v) is 4.44. The van der Waals surface area contributed by atoms with Crippen molar-refractivity contribution < 1.29 is 4.39 Å². The van der Waals surface area contributed by atoms with Gasteiger partial charge in [-0.05, 0) is 33.4 Å². The molecular formula is C11H9BrClFN2S. The Balaban J connectivity index is 2.14. The van der Waals surface area contributed by atoms with Crippen LogP contribution in [0.5, 0.6) is 0 Å². The first-order valence-electron chi connectivity index (χ1n) is 4.78. The molecule has 2 rings (SSSR count). The maximum atomic E-state index is 13.1. The molecule has 0 bridgehead atoms. The molecule has 6 heteroatoms. The number of rotatable bonds is 3. The van der Waals surface area contributed by atoms with E-state index in [1.54, 1.807) is 11.3 Å². The van der Waals surface area contributed by atoms with Crippen molar-refractivity contribution in [3.05, 3.63) is 43.8 Å². The number of halogens is 3. The third-order valence-electron chi connectivity index (χ3n) is 2.22. The van der Waals surface area contributed by atoms with Crippen LogP contribution in [0, 0.1) is 5.82 Å². The zero-order valence-corrected chi connectivity index (χ0v) is 11.8. The average Bonchev–Trinajstić information content (AvgIpc) is 2.68. The van der Waals surface area contributed by atoms with Gasteiger partial charge in [-0.1, -0.05) is 11.6 Å². The lowest BCUT2D eigenvalue weighted by molar-refractivity contribution is 0.629. The molecule has 0 aliphatic carbocycles. The van der Waals surface area contributed by atoms with E-state index in [9.17, 15) is 4.39 Å². The molecule has 17 heavy (non-hydrogen) atoms. The van der Waals surface area contributed by atoms with Gasteiger partial charge in [0.25, 0.3) is 0 Å². The highest BCUT2D eigenvalue weighted by Gasteiger charge is 2.07. The topological polar surface area (TPSA) is 38.0 Å². The van der Waals surface area contributed by atoms with Gasteiger partial charge in [-0.2, -0.15) is 0 Å². The van der Waals surface area contributed by atoms with E-state index in [0.717, 1.165) is 9.35 Å². The molecule has 0 saturated heterocycles. The van der Waals surface area contributed by atoms with Gasteiger partial charge in [0.2, 0.25) is 0 Å². The summed E-state index contributed by atoms with van der Waals surface area (Å²) in [6.07, 6.45) is 0. The number of nitrogens with one attached hydrogen (secondary N) is 1. The van der Waals surface area contributed by atoms with Crippen LogP contribution in [0.4, 0.5) is 15.8 Å². The largest absolute Gasteiger partial charge is 0.397 e. The highest BCUT2D eigenvalue weighted by atomic mass is 79.9. The number of nitrogen functional groups attached to an aromatic ring is 1. The second-order valence-corrected chi connectivity index (χ2v) is 5.66. The van der Waals surface area contributed by atoms with Crippen LogP contribution in [0.1, 0.15) is 4.88 Å². The first-order chi connectivity index (χ1) is 8.08. The molecule has 0 unspecified atom stereocenters. The molecule has 0 saturated carbocycles. The number of benzene rings is 1. The van der Waals surface area contributed by atoms with Gasteiger partial charge in [0.15, 0.2) is 0 Å². The van der Waals surface area contributed by atoms with Gasteiger partial charge in [-0.3, -0.25) is 0 Å². The fourth-order valence-corrected chi connectivity index (χ4v) is 2.94. The Morgan fingerprint density at radius 1 is 1.47 bits per heavy atom. The lowest BCUT2D eigenvalue weighted by Crippen LogP contribution is -2.02. The SMILES string of the molecule is Nc1cc(F)c(Cl)cc1NCc1sccc1Br. The van der Waals surface area contributed by atoms with Gasteiger partial charge in [0, 0.05) is 15.4 Å². The lowest BCUT2D eigenvalue weighted by atomic mass is 10.2. The van der Waals surface area contributed by atoms with Crippen molar-refractivity contribution in [2.75, 3.05) is 11.1 Å². The summed E-state index contributed by atoms with van der Waals surface area (Å²) in [5.74, 6) is -0.507. The van der Waals surface area contributed by atoms with E-state index in [0.29, 0.717) is 17.9 Å². The molecule has 0 amide bonds. The van der Waals surface area contributed by atoms with E-state index in [2.05, 4.69) is 21.2 Å². The highest BCUT2D eigenvalue weighted by molar-refractivity contribution is 9.10. The monoisotopic (exact) mass is 334 g/mol. The molecule has 0 aliphatic heterocycles. The molecule has 90 valence electrons. The van der Waals surface area contributed by atoms with Crippen LogP contribution < -0.4 is 11.1 Å². The molecule has 2 aromatic rings. The maximum absolute atomic E-state index is 13.1. The molecule has 1 heterocycles. The predicted octanol–water partition coefficient (Wildman–Crippen LogP) is 4.50. The van der Waals surface area contributed by atoms with Gasteiger partial charge in [-0.15, -0.1) is 11.3 Å². The second kappa shape index (κ2) is 5.25. The van der Waals surface area contributed by atoms with Crippen LogP contribution in [0.3, 0.4) is 0 Å². The number of nitrogens with two attached hydrogens (primary N) is 1. The summed E-state index contributed by atoms with van der Waals surface area (Å²) >= 11 is 10.8. The standard InChI is InChI=1S/C11H9BrClFN2S/c12-6-1-2-17-11(6)5-16-10-3-7(13)8(14)4-9(10)15/h1-4,16H,5,15H2. The molecule has 1 aromatic heterocycles. The summed E-state index contributed by atoms with van der Waals surface area (Å²) in [6, 6.07) is 4.69. The van der Waals surface area contributed by atoms with Gasteiger partial charge in [-0.25, -0.2) is 4.39 Å². The molecule has 0 radical (unpaired) electrons. The van der Waals surface area contributed by atoms with E-state index in [1.807, 2.05) is 11.4 Å². The van der Waals surface area contributed by atoms with Gasteiger partial charge < -0.3 is 11.1 Å². The zero-order chi connectivity index (χ0) is 12.4. The number of hydrogen-bond acceptors (Lipinski definition) is 3. The van der Waals surface area contributed by atoms with E-state index in [-0.39, 0.29) is 5.02 Å². The highest BCUT2D eigenvalue weighted by Crippen LogP contribution is 2.28. The minimum Gasteiger partial charge on any atom is -0.397 e. The minimum absolute atomic E-state index is 0.0620. The average molecular weight is 336 g/mol. The molecule has 3 N–H and O–H groups in total. The third kappa shape index (κ3) is 2.91. The summed E-state index contributed by atoms with van der Waals surface area (Å²) < 4.78 is 14.1. The number of anilines is 2. The van der Waals surface area contributed by atoms with E-state index in [1.165, 1.54) is 12.1 Å². The molecule has 0 aliphatic rings. The van der Waals surface area contributed by atoms with Crippen LogP contribution in [0.15, 0.2) is 28.1 Å². The van der Waals surface area contributed by atoms with Crippen molar-refractivity contribution in [2.24, 2.45) is 0 Å². The molecular weight excluding hydrogens is 327 g/mol. The Kier molecular flexibility index (Phi) is 3.91. The summed E-state index contributed by atoms with van der Waals surface area (Å²) in [6.45, 7) is 0.615. The Hall–Kier alpha value is -0.780.